The fraction of sp³-hybridized carbons (Fsp3) is 0.409. The van der Waals surface area contributed by atoms with Crippen LogP contribution in [0.1, 0.15) is 31.2 Å². The molecule has 3 rings (SSSR count). The predicted molar refractivity (Wildman–Crippen MR) is 112 cm³/mol. The standard InChI is InChI=1S/C22H27FN2O2.ClH/c1-24-20-10-5-16(6-11-20)22(26)25-14-18-13-17(7-12-21(18)27-2)15-3-8-19(23)9-4-15;/h3-4,7-9,12-13,16,20,24H,5-6,10-11,14H2,1-2H3,(H,25,26);1H. The van der Waals surface area contributed by atoms with Crippen molar-refractivity contribution < 1.29 is 13.9 Å². The zero-order valence-electron chi connectivity index (χ0n) is 16.3. The molecule has 0 aromatic heterocycles. The molecule has 6 heteroatoms. The lowest BCUT2D eigenvalue weighted by molar-refractivity contribution is -0.126. The molecule has 0 atom stereocenters. The predicted octanol–water partition coefficient (Wildman–Crippen LogP) is 4.32. The first-order valence-corrected chi connectivity index (χ1v) is 9.48. The first kappa shape index (κ1) is 22.2. The third-order valence-electron chi connectivity index (χ3n) is 5.42. The topological polar surface area (TPSA) is 50.4 Å². The van der Waals surface area contributed by atoms with Crippen molar-refractivity contribution in [1.29, 1.82) is 0 Å². The first-order chi connectivity index (χ1) is 13.1. The van der Waals surface area contributed by atoms with Crippen LogP contribution in [0.3, 0.4) is 0 Å². The van der Waals surface area contributed by atoms with Gasteiger partial charge in [0.1, 0.15) is 11.6 Å². The van der Waals surface area contributed by atoms with Crippen molar-refractivity contribution in [2.45, 2.75) is 38.3 Å². The molecule has 0 unspecified atom stereocenters. The lowest BCUT2D eigenvalue weighted by atomic mass is 9.85. The van der Waals surface area contributed by atoms with Gasteiger partial charge in [0.15, 0.2) is 0 Å². The van der Waals surface area contributed by atoms with E-state index in [2.05, 4.69) is 10.6 Å². The molecule has 4 nitrogen and oxygen atoms in total. The van der Waals surface area contributed by atoms with Crippen LogP contribution in [0.15, 0.2) is 42.5 Å². The van der Waals surface area contributed by atoms with E-state index in [0.29, 0.717) is 12.6 Å². The molecule has 152 valence electrons. The summed E-state index contributed by atoms with van der Waals surface area (Å²) in [5.41, 5.74) is 2.81. The minimum absolute atomic E-state index is 0. The van der Waals surface area contributed by atoms with Crippen LogP contribution >= 0.6 is 12.4 Å². The molecule has 1 aliphatic carbocycles. The monoisotopic (exact) mass is 406 g/mol. The summed E-state index contributed by atoms with van der Waals surface area (Å²) in [5.74, 6) is 0.674. The van der Waals surface area contributed by atoms with Crippen molar-refractivity contribution >= 4 is 18.3 Å². The minimum Gasteiger partial charge on any atom is -0.496 e. The molecular formula is C22H28ClFN2O2. The van der Waals surface area contributed by atoms with E-state index in [1.54, 1.807) is 19.2 Å². The highest BCUT2D eigenvalue weighted by Gasteiger charge is 2.25. The second-order valence-electron chi connectivity index (χ2n) is 7.09. The van der Waals surface area contributed by atoms with Crippen LogP contribution < -0.4 is 15.4 Å². The highest BCUT2D eigenvalue weighted by Crippen LogP contribution is 2.28. The Morgan fingerprint density at radius 1 is 1.07 bits per heavy atom. The molecule has 1 aliphatic rings. The van der Waals surface area contributed by atoms with E-state index in [-0.39, 0.29) is 30.0 Å². The van der Waals surface area contributed by atoms with E-state index in [4.69, 9.17) is 4.74 Å². The van der Waals surface area contributed by atoms with Gasteiger partial charge >= 0.3 is 0 Å². The number of hydrogen-bond donors (Lipinski definition) is 2. The van der Waals surface area contributed by atoms with Crippen LogP contribution in [-0.4, -0.2) is 26.1 Å². The Bertz CT molecular complexity index is 775. The molecule has 1 amide bonds. The van der Waals surface area contributed by atoms with Crippen molar-refractivity contribution in [2.75, 3.05) is 14.2 Å². The van der Waals surface area contributed by atoms with Gasteiger partial charge in [-0.25, -0.2) is 4.39 Å². The van der Waals surface area contributed by atoms with E-state index in [1.807, 2.05) is 25.2 Å². The fourth-order valence-electron chi connectivity index (χ4n) is 3.71. The molecule has 0 radical (unpaired) electrons. The highest BCUT2D eigenvalue weighted by molar-refractivity contribution is 5.85. The summed E-state index contributed by atoms with van der Waals surface area (Å²) >= 11 is 0. The quantitative estimate of drug-likeness (QED) is 0.751. The number of halogens is 2. The fourth-order valence-corrected chi connectivity index (χ4v) is 3.71. The SMILES string of the molecule is CNC1CCC(C(=O)NCc2cc(-c3ccc(F)cc3)ccc2OC)CC1.Cl. The maximum absolute atomic E-state index is 13.2. The van der Waals surface area contributed by atoms with Gasteiger partial charge in [0.05, 0.1) is 7.11 Å². The van der Waals surface area contributed by atoms with Gasteiger partial charge in [0.25, 0.3) is 0 Å². The third-order valence-corrected chi connectivity index (χ3v) is 5.42. The van der Waals surface area contributed by atoms with Gasteiger partial charge in [0.2, 0.25) is 5.91 Å². The Morgan fingerprint density at radius 3 is 2.32 bits per heavy atom. The molecule has 0 heterocycles. The first-order valence-electron chi connectivity index (χ1n) is 9.48. The van der Waals surface area contributed by atoms with Crippen LogP contribution in [0.5, 0.6) is 5.75 Å². The Hall–Kier alpha value is -2.11. The van der Waals surface area contributed by atoms with E-state index in [1.165, 1.54) is 12.1 Å². The number of ether oxygens (including phenoxy) is 1. The molecule has 0 spiro atoms. The van der Waals surface area contributed by atoms with Crippen LogP contribution in [-0.2, 0) is 11.3 Å². The van der Waals surface area contributed by atoms with Gasteiger partial charge in [-0.3, -0.25) is 4.79 Å². The average Bonchev–Trinajstić information content (AvgIpc) is 2.72. The Morgan fingerprint density at radius 2 is 1.71 bits per heavy atom. The summed E-state index contributed by atoms with van der Waals surface area (Å²) in [6, 6.07) is 12.7. The zero-order valence-corrected chi connectivity index (χ0v) is 17.2. The highest BCUT2D eigenvalue weighted by atomic mass is 35.5. The van der Waals surface area contributed by atoms with Crippen molar-refractivity contribution in [3.63, 3.8) is 0 Å². The number of carbonyl (C=O) groups is 1. The molecule has 0 aliphatic heterocycles. The number of nitrogens with one attached hydrogen (secondary N) is 2. The third kappa shape index (κ3) is 5.46. The summed E-state index contributed by atoms with van der Waals surface area (Å²) in [5, 5.41) is 6.35. The summed E-state index contributed by atoms with van der Waals surface area (Å²) in [6.07, 6.45) is 3.92. The summed E-state index contributed by atoms with van der Waals surface area (Å²) < 4.78 is 18.6. The number of rotatable bonds is 6. The van der Waals surface area contributed by atoms with E-state index in [0.717, 1.165) is 48.1 Å². The number of methoxy groups -OCH3 is 1. The van der Waals surface area contributed by atoms with Gasteiger partial charge in [-0.15, -0.1) is 12.4 Å². The normalized spacial score (nSPS) is 18.8. The van der Waals surface area contributed by atoms with Gasteiger partial charge in [0, 0.05) is 24.1 Å². The lowest BCUT2D eigenvalue weighted by Crippen LogP contribution is -2.37. The van der Waals surface area contributed by atoms with Crippen LogP contribution in [0.25, 0.3) is 11.1 Å². The molecular weight excluding hydrogens is 379 g/mol. The van der Waals surface area contributed by atoms with E-state index >= 15 is 0 Å². The Balaban J connectivity index is 0.00000280. The minimum atomic E-state index is -0.257. The van der Waals surface area contributed by atoms with Crippen LogP contribution in [0.4, 0.5) is 4.39 Å². The Kier molecular flexibility index (Phi) is 8.27. The summed E-state index contributed by atoms with van der Waals surface area (Å²) in [7, 11) is 3.60. The molecule has 2 aromatic carbocycles. The average molecular weight is 407 g/mol. The van der Waals surface area contributed by atoms with E-state index < -0.39 is 0 Å². The smallest absolute Gasteiger partial charge is 0.223 e. The second-order valence-corrected chi connectivity index (χ2v) is 7.09. The number of amides is 1. The molecule has 1 saturated carbocycles. The summed E-state index contributed by atoms with van der Waals surface area (Å²) in [6.45, 7) is 0.420. The van der Waals surface area contributed by atoms with Crippen molar-refractivity contribution in [2.24, 2.45) is 5.92 Å². The van der Waals surface area contributed by atoms with Crippen LogP contribution in [0.2, 0.25) is 0 Å². The maximum atomic E-state index is 13.2. The zero-order chi connectivity index (χ0) is 19.2. The summed E-state index contributed by atoms with van der Waals surface area (Å²) in [4.78, 5) is 12.5. The maximum Gasteiger partial charge on any atom is 0.223 e. The van der Waals surface area contributed by atoms with Crippen LogP contribution in [0, 0.1) is 11.7 Å². The molecule has 28 heavy (non-hydrogen) atoms. The number of hydrogen-bond acceptors (Lipinski definition) is 3. The van der Waals surface area contributed by atoms with Crippen molar-refractivity contribution in [3.05, 3.63) is 53.8 Å². The number of benzene rings is 2. The van der Waals surface area contributed by atoms with Gasteiger partial charge in [-0.1, -0.05) is 18.2 Å². The molecule has 2 aromatic rings. The molecule has 0 bridgehead atoms. The van der Waals surface area contributed by atoms with Gasteiger partial charge in [-0.2, -0.15) is 0 Å². The van der Waals surface area contributed by atoms with E-state index in [9.17, 15) is 9.18 Å². The van der Waals surface area contributed by atoms with Crippen molar-refractivity contribution in [3.8, 4) is 16.9 Å². The number of carbonyl (C=O) groups excluding carboxylic acids is 1. The van der Waals surface area contributed by atoms with Crippen molar-refractivity contribution in [1.82, 2.24) is 10.6 Å². The molecule has 0 saturated heterocycles. The largest absolute Gasteiger partial charge is 0.496 e. The lowest BCUT2D eigenvalue weighted by Gasteiger charge is -2.27. The molecule has 1 fully saturated rings. The second kappa shape index (κ2) is 10.4. The Labute approximate surface area is 172 Å². The molecule has 2 N–H and O–H groups in total. The van der Waals surface area contributed by atoms with Gasteiger partial charge in [-0.05, 0) is 68.1 Å². The van der Waals surface area contributed by atoms with Gasteiger partial charge < -0.3 is 15.4 Å².